The first-order chi connectivity index (χ1) is 16.1. The third-order valence-electron chi connectivity index (χ3n) is 4.28. The quantitative estimate of drug-likeness (QED) is 0.421. The van der Waals surface area contributed by atoms with E-state index in [1.807, 2.05) is 0 Å². The van der Waals surface area contributed by atoms with E-state index in [1.165, 1.54) is 32.4 Å². The van der Waals surface area contributed by atoms with Gasteiger partial charge in [0.15, 0.2) is 0 Å². The zero-order valence-corrected chi connectivity index (χ0v) is 14.7. The molecule has 2 nitrogen and oxygen atoms in total. The smallest absolute Gasteiger partial charge is 0.139 e. The van der Waals surface area contributed by atoms with Gasteiger partial charge in [0.05, 0.1) is 29.4 Å². The molecule has 3 heteroatoms. The van der Waals surface area contributed by atoms with Crippen LogP contribution in [0.5, 0.6) is 11.5 Å². The molecule has 4 rings (SSSR count). The van der Waals surface area contributed by atoms with E-state index in [0.717, 1.165) is 0 Å². The predicted molar refractivity (Wildman–Crippen MR) is 108 cm³/mol. The summed E-state index contributed by atoms with van der Waals surface area (Å²) in [6.07, 6.45) is 0. The van der Waals surface area contributed by atoms with Crippen molar-refractivity contribution in [1.29, 1.82) is 0 Å². The molecule has 27 heavy (non-hydrogen) atoms. The van der Waals surface area contributed by atoms with Crippen LogP contribution in [0.1, 0.15) is 9.60 Å². The maximum Gasteiger partial charge on any atom is 0.139 e. The molecule has 0 aromatic heterocycles. The molecule has 0 amide bonds. The average molecular weight is 365 g/mol. The summed E-state index contributed by atoms with van der Waals surface area (Å²) >= 11 is 0. The molecule has 0 aliphatic carbocycles. The van der Waals surface area contributed by atoms with Crippen LogP contribution in [0.2, 0.25) is 0 Å². The van der Waals surface area contributed by atoms with E-state index in [1.54, 1.807) is 18.2 Å². The van der Waals surface area contributed by atoms with Gasteiger partial charge in [-0.2, -0.15) is 0 Å². The predicted octanol–water partition coefficient (Wildman–Crippen LogP) is 6.33. The Bertz CT molecular complexity index is 1440. The summed E-state index contributed by atoms with van der Waals surface area (Å²) in [5.41, 5.74) is 0.0877. The van der Waals surface area contributed by atoms with Gasteiger partial charge in [-0.15, -0.1) is 0 Å². The summed E-state index contributed by atoms with van der Waals surface area (Å²) in [5, 5.41) is -0.415. The highest BCUT2D eigenvalue weighted by Crippen LogP contribution is 2.42. The number of methoxy groups -OCH3 is 2. The topological polar surface area (TPSA) is 18.5 Å². The van der Waals surface area contributed by atoms with Crippen LogP contribution < -0.4 is 9.47 Å². The molecule has 0 fully saturated rings. The normalized spacial score (nSPS) is 14.4. The van der Waals surface area contributed by atoms with Crippen LogP contribution in [-0.2, 0) is 0 Å². The van der Waals surface area contributed by atoms with Crippen molar-refractivity contribution in [1.82, 2.24) is 0 Å². The zero-order chi connectivity index (χ0) is 24.9. The van der Waals surface area contributed by atoms with Gasteiger partial charge >= 0.3 is 0 Å². The van der Waals surface area contributed by atoms with Crippen molar-refractivity contribution in [2.24, 2.45) is 0 Å². The molecular weight excluding hydrogens is 339 g/mol. The average Bonchev–Trinajstić information content (AvgIpc) is 2.84. The van der Waals surface area contributed by atoms with Crippen molar-refractivity contribution in [3.8, 4) is 33.8 Å². The SMILES string of the molecule is [2H]c1c([2H])c([2H])c2c(-c3cccc(-c4c(OC)cccc4OC)c3F)c([2H])c([2H])c([2H])c2c1[2H]. The Morgan fingerprint density at radius 3 is 2.11 bits per heavy atom. The molecule has 0 aliphatic rings. The highest BCUT2D eigenvalue weighted by Gasteiger charge is 2.19. The molecule has 0 saturated carbocycles. The molecule has 0 radical (unpaired) electrons. The van der Waals surface area contributed by atoms with Gasteiger partial charge in [0, 0.05) is 11.1 Å². The van der Waals surface area contributed by atoms with Gasteiger partial charge in [-0.1, -0.05) is 66.6 Å². The summed E-state index contributed by atoms with van der Waals surface area (Å²) < 4.78 is 84.6. The lowest BCUT2D eigenvalue weighted by atomic mass is 9.94. The molecule has 0 N–H and O–H groups in total. The number of hydrogen-bond acceptors (Lipinski definition) is 2. The Morgan fingerprint density at radius 1 is 0.741 bits per heavy atom. The Labute approximate surface area is 167 Å². The number of hydrogen-bond donors (Lipinski definition) is 0. The molecule has 0 heterocycles. The van der Waals surface area contributed by atoms with Crippen LogP contribution in [0, 0.1) is 5.82 Å². The molecule has 0 unspecified atom stereocenters. The number of benzene rings is 4. The van der Waals surface area contributed by atoms with Crippen LogP contribution in [-0.4, -0.2) is 14.2 Å². The van der Waals surface area contributed by atoms with Crippen LogP contribution in [0.4, 0.5) is 4.39 Å². The highest BCUT2D eigenvalue weighted by atomic mass is 19.1. The number of halogens is 1. The molecule has 4 aromatic rings. The maximum atomic E-state index is 16.1. The summed E-state index contributed by atoms with van der Waals surface area (Å²) in [6, 6.07) is 5.63. The van der Waals surface area contributed by atoms with E-state index in [4.69, 9.17) is 19.1 Å². The van der Waals surface area contributed by atoms with Crippen molar-refractivity contribution >= 4 is 10.8 Å². The lowest BCUT2D eigenvalue weighted by Crippen LogP contribution is -1.96. The first-order valence-corrected chi connectivity index (χ1v) is 8.15. The first-order valence-electron chi connectivity index (χ1n) is 11.7. The minimum absolute atomic E-state index is 0.0849. The lowest BCUT2D eigenvalue weighted by Gasteiger charge is -2.16. The van der Waals surface area contributed by atoms with Gasteiger partial charge in [-0.3, -0.25) is 0 Å². The van der Waals surface area contributed by atoms with Crippen molar-refractivity contribution in [2.45, 2.75) is 0 Å². The summed E-state index contributed by atoms with van der Waals surface area (Å²) in [5.74, 6) is -0.100. The fourth-order valence-electron chi connectivity index (χ4n) is 3.05. The fraction of sp³-hybridized carbons (Fsp3) is 0.0833. The molecule has 4 aromatic carbocycles. The summed E-state index contributed by atoms with van der Waals surface area (Å²) in [6.45, 7) is 0. The van der Waals surface area contributed by atoms with E-state index >= 15 is 4.39 Å². The van der Waals surface area contributed by atoms with E-state index in [9.17, 15) is 0 Å². The van der Waals surface area contributed by atoms with E-state index in [0.29, 0.717) is 17.1 Å². The Balaban J connectivity index is 2.18. The van der Waals surface area contributed by atoms with E-state index in [-0.39, 0.29) is 27.5 Å². The number of rotatable bonds is 4. The van der Waals surface area contributed by atoms with Gasteiger partial charge in [0.2, 0.25) is 0 Å². The molecule has 134 valence electrons. The van der Waals surface area contributed by atoms with Crippen LogP contribution in [0.3, 0.4) is 0 Å². The minimum atomic E-state index is -0.787. The molecule has 0 bridgehead atoms. The highest BCUT2D eigenvalue weighted by molar-refractivity contribution is 5.97. The second-order valence-electron chi connectivity index (χ2n) is 5.70. The standard InChI is InChI=1S/C24H19FO2/c1-26-21-14-7-15-22(27-2)23(21)20-13-6-12-19(24(20)25)18-11-5-9-16-8-3-4-10-17(16)18/h3-15H,1-2H3/i3D,4D,5D,8D,9D,10D,11D. The van der Waals surface area contributed by atoms with Crippen LogP contribution in [0.15, 0.2) is 78.7 Å². The Morgan fingerprint density at radius 2 is 1.37 bits per heavy atom. The van der Waals surface area contributed by atoms with Crippen molar-refractivity contribution in [3.05, 3.63) is 84.5 Å². The van der Waals surface area contributed by atoms with Gasteiger partial charge < -0.3 is 9.47 Å². The Kier molecular flexibility index (Phi) is 2.83. The molecular formula is C24H19FO2. The van der Waals surface area contributed by atoms with Crippen LogP contribution in [0.25, 0.3) is 33.0 Å². The Hall–Kier alpha value is -3.33. The van der Waals surface area contributed by atoms with Crippen molar-refractivity contribution in [2.75, 3.05) is 14.2 Å². The maximum absolute atomic E-state index is 16.1. The van der Waals surface area contributed by atoms with Gasteiger partial charge in [0.25, 0.3) is 0 Å². The third kappa shape index (κ3) is 2.91. The monoisotopic (exact) mass is 365 g/mol. The summed E-state index contributed by atoms with van der Waals surface area (Å²) in [4.78, 5) is 0. The van der Waals surface area contributed by atoms with Crippen molar-refractivity contribution in [3.63, 3.8) is 0 Å². The molecule has 0 aliphatic heterocycles. The van der Waals surface area contributed by atoms with Crippen molar-refractivity contribution < 1.29 is 23.5 Å². The summed E-state index contributed by atoms with van der Waals surface area (Å²) in [7, 11) is 2.87. The van der Waals surface area contributed by atoms with Gasteiger partial charge in [-0.25, -0.2) is 4.39 Å². The molecule has 0 atom stereocenters. The lowest BCUT2D eigenvalue weighted by molar-refractivity contribution is 0.397. The zero-order valence-electron chi connectivity index (χ0n) is 21.7. The number of ether oxygens (including phenoxy) is 2. The third-order valence-corrected chi connectivity index (χ3v) is 4.28. The second-order valence-corrected chi connectivity index (χ2v) is 5.70. The molecule has 0 saturated heterocycles. The van der Waals surface area contributed by atoms with Gasteiger partial charge in [0.1, 0.15) is 17.3 Å². The van der Waals surface area contributed by atoms with E-state index in [2.05, 4.69) is 0 Å². The first kappa shape index (κ1) is 10.7. The fourth-order valence-corrected chi connectivity index (χ4v) is 3.05. The van der Waals surface area contributed by atoms with Crippen LogP contribution >= 0.6 is 0 Å². The largest absolute Gasteiger partial charge is 0.496 e. The number of fused-ring (bicyclic) bond motifs is 1. The van der Waals surface area contributed by atoms with Gasteiger partial charge in [-0.05, 0) is 28.5 Å². The van der Waals surface area contributed by atoms with E-state index < -0.39 is 48.1 Å². The minimum Gasteiger partial charge on any atom is -0.496 e. The second kappa shape index (κ2) is 7.12. The molecule has 0 spiro atoms.